The summed E-state index contributed by atoms with van der Waals surface area (Å²) < 4.78 is 18.2. The van der Waals surface area contributed by atoms with Gasteiger partial charge >= 0.3 is 0 Å². The van der Waals surface area contributed by atoms with E-state index in [0.717, 1.165) is 40.0 Å². The SMILES string of the molecule is COc1ccc(N=Nc2ccc(OCC[n+]3ccc(N=Nc4ccc(OC)cc4)cc3)cc2)cc1. The summed E-state index contributed by atoms with van der Waals surface area (Å²) in [7, 11) is 3.27. The van der Waals surface area contributed by atoms with E-state index < -0.39 is 0 Å². The molecule has 176 valence electrons. The third-order valence-electron chi connectivity index (χ3n) is 5.04. The van der Waals surface area contributed by atoms with Crippen LogP contribution in [0.3, 0.4) is 0 Å². The molecular formula is C27H26N5O3+. The number of ether oxygens (including phenoxy) is 3. The molecule has 0 bridgehead atoms. The zero-order valence-corrected chi connectivity index (χ0v) is 19.6. The Hall–Kier alpha value is -4.59. The van der Waals surface area contributed by atoms with Crippen molar-refractivity contribution in [1.82, 2.24) is 0 Å². The van der Waals surface area contributed by atoms with E-state index in [1.165, 1.54) is 0 Å². The largest absolute Gasteiger partial charge is 0.497 e. The number of benzene rings is 3. The number of nitrogens with zero attached hydrogens (tertiary/aromatic N) is 5. The van der Waals surface area contributed by atoms with Crippen LogP contribution in [0.4, 0.5) is 22.7 Å². The second kappa shape index (κ2) is 12.0. The number of methoxy groups -OCH3 is 2. The molecule has 3 aromatic carbocycles. The first-order valence-corrected chi connectivity index (χ1v) is 11.1. The highest BCUT2D eigenvalue weighted by atomic mass is 16.5. The van der Waals surface area contributed by atoms with Crippen LogP contribution in [0.2, 0.25) is 0 Å². The lowest BCUT2D eigenvalue weighted by molar-refractivity contribution is -0.697. The Kier molecular flexibility index (Phi) is 8.10. The third-order valence-corrected chi connectivity index (χ3v) is 5.04. The van der Waals surface area contributed by atoms with Gasteiger partial charge in [0.15, 0.2) is 18.9 Å². The summed E-state index contributed by atoms with van der Waals surface area (Å²) in [6.07, 6.45) is 3.91. The topological polar surface area (TPSA) is 81.0 Å². The Morgan fingerprint density at radius 1 is 0.514 bits per heavy atom. The molecule has 0 amide bonds. The van der Waals surface area contributed by atoms with Crippen molar-refractivity contribution in [3.8, 4) is 17.2 Å². The van der Waals surface area contributed by atoms with E-state index in [1.54, 1.807) is 14.2 Å². The van der Waals surface area contributed by atoms with Gasteiger partial charge in [-0.25, -0.2) is 4.57 Å². The summed E-state index contributed by atoms with van der Waals surface area (Å²) in [5, 5.41) is 17.0. The predicted octanol–water partition coefficient (Wildman–Crippen LogP) is 6.90. The zero-order chi connectivity index (χ0) is 24.3. The van der Waals surface area contributed by atoms with Crippen molar-refractivity contribution >= 4 is 22.7 Å². The molecule has 0 aliphatic rings. The number of aromatic nitrogens is 1. The normalized spacial score (nSPS) is 11.1. The molecule has 35 heavy (non-hydrogen) atoms. The summed E-state index contributed by atoms with van der Waals surface area (Å²) in [5.74, 6) is 2.35. The molecule has 0 spiro atoms. The highest BCUT2D eigenvalue weighted by Gasteiger charge is 2.03. The lowest BCUT2D eigenvalue weighted by Gasteiger charge is -2.04. The van der Waals surface area contributed by atoms with Gasteiger partial charge in [0.25, 0.3) is 0 Å². The second-order valence-electron chi connectivity index (χ2n) is 7.43. The first kappa shape index (κ1) is 23.6. The lowest BCUT2D eigenvalue weighted by Crippen LogP contribution is -2.35. The monoisotopic (exact) mass is 468 g/mol. The zero-order valence-electron chi connectivity index (χ0n) is 19.6. The first-order valence-electron chi connectivity index (χ1n) is 11.1. The molecule has 0 saturated carbocycles. The van der Waals surface area contributed by atoms with Crippen molar-refractivity contribution in [2.45, 2.75) is 6.54 Å². The molecular weight excluding hydrogens is 442 g/mol. The maximum Gasteiger partial charge on any atom is 0.182 e. The van der Waals surface area contributed by atoms with Gasteiger partial charge in [-0.15, -0.1) is 0 Å². The van der Waals surface area contributed by atoms with E-state index in [2.05, 4.69) is 20.5 Å². The molecule has 8 nitrogen and oxygen atoms in total. The minimum Gasteiger partial charge on any atom is -0.497 e. The van der Waals surface area contributed by atoms with Crippen LogP contribution in [0.5, 0.6) is 17.2 Å². The average Bonchev–Trinajstić information content (AvgIpc) is 2.93. The number of rotatable bonds is 10. The predicted molar refractivity (Wildman–Crippen MR) is 133 cm³/mol. The molecule has 0 atom stereocenters. The quantitative estimate of drug-likeness (QED) is 0.187. The highest BCUT2D eigenvalue weighted by molar-refractivity contribution is 5.44. The Balaban J connectivity index is 1.23. The van der Waals surface area contributed by atoms with Crippen LogP contribution in [0, 0.1) is 0 Å². The van der Waals surface area contributed by atoms with Gasteiger partial charge in [0, 0.05) is 12.1 Å². The minimum absolute atomic E-state index is 0.532. The van der Waals surface area contributed by atoms with Gasteiger partial charge in [-0.05, 0) is 72.8 Å². The van der Waals surface area contributed by atoms with Gasteiger partial charge in [0.2, 0.25) is 0 Å². The number of hydrogen-bond donors (Lipinski definition) is 0. The van der Waals surface area contributed by atoms with Crippen LogP contribution in [0.15, 0.2) is 118 Å². The van der Waals surface area contributed by atoms with Gasteiger partial charge in [-0.3, -0.25) is 0 Å². The smallest absolute Gasteiger partial charge is 0.182 e. The van der Waals surface area contributed by atoms with Crippen LogP contribution in [0.25, 0.3) is 0 Å². The van der Waals surface area contributed by atoms with Gasteiger partial charge in [0.1, 0.15) is 23.9 Å². The van der Waals surface area contributed by atoms with Crippen LogP contribution in [-0.4, -0.2) is 20.8 Å². The Morgan fingerprint density at radius 2 is 0.886 bits per heavy atom. The lowest BCUT2D eigenvalue weighted by atomic mass is 10.3. The Labute approximate surface area is 204 Å². The summed E-state index contributed by atoms with van der Waals surface area (Å²) in [5.41, 5.74) is 3.06. The van der Waals surface area contributed by atoms with E-state index in [1.807, 2.05) is 102 Å². The van der Waals surface area contributed by atoms with Gasteiger partial charge in [-0.2, -0.15) is 20.5 Å². The van der Waals surface area contributed by atoms with E-state index in [9.17, 15) is 0 Å². The van der Waals surface area contributed by atoms with Gasteiger partial charge in [-0.1, -0.05) is 0 Å². The first-order chi connectivity index (χ1) is 17.2. The molecule has 0 N–H and O–H groups in total. The fourth-order valence-corrected chi connectivity index (χ4v) is 3.07. The van der Waals surface area contributed by atoms with Crippen molar-refractivity contribution in [3.05, 3.63) is 97.3 Å². The maximum atomic E-state index is 5.85. The number of hydrogen-bond acceptors (Lipinski definition) is 7. The Morgan fingerprint density at radius 3 is 1.29 bits per heavy atom. The molecule has 1 aromatic heterocycles. The van der Waals surface area contributed by atoms with Crippen molar-refractivity contribution in [2.24, 2.45) is 20.5 Å². The summed E-state index contributed by atoms with van der Waals surface area (Å²) >= 11 is 0. The molecule has 0 saturated heterocycles. The standard InChI is InChI=1S/C27H26N5O3/c1-33-25-9-3-21(4-10-25)28-29-23-7-13-27(14-8-23)35-20-19-32-17-15-24(16-18-32)31-30-22-5-11-26(34-2)12-6-22/h3-18H,19-20H2,1-2H3/q+1. The van der Waals surface area contributed by atoms with E-state index >= 15 is 0 Å². The summed E-state index contributed by atoms with van der Waals surface area (Å²) in [6.45, 7) is 1.24. The maximum absolute atomic E-state index is 5.85. The average molecular weight is 469 g/mol. The number of pyridine rings is 1. The summed E-state index contributed by atoms with van der Waals surface area (Å²) in [4.78, 5) is 0. The highest BCUT2D eigenvalue weighted by Crippen LogP contribution is 2.23. The summed E-state index contributed by atoms with van der Waals surface area (Å²) in [6, 6.07) is 26.2. The fraction of sp³-hybridized carbons (Fsp3) is 0.148. The third kappa shape index (κ3) is 7.20. The van der Waals surface area contributed by atoms with Crippen LogP contribution < -0.4 is 18.8 Å². The minimum atomic E-state index is 0.532. The van der Waals surface area contributed by atoms with Crippen molar-refractivity contribution in [2.75, 3.05) is 20.8 Å². The molecule has 0 radical (unpaired) electrons. The molecule has 4 rings (SSSR count). The van der Waals surface area contributed by atoms with E-state index in [4.69, 9.17) is 14.2 Å². The molecule has 0 unspecified atom stereocenters. The second-order valence-corrected chi connectivity index (χ2v) is 7.43. The van der Waals surface area contributed by atoms with Crippen LogP contribution in [-0.2, 0) is 6.54 Å². The molecule has 0 aliphatic heterocycles. The Bertz CT molecular complexity index is 1150. The van der Waals surface area contributed by atoms with Crippen LogP contribution >= 0.6 is 0 Å². The molecule has 8 heteroatoms. The van der Waals surface area contributed by atoms with Crippen molar-refractivity contribution < 1.29 is 18.8 Å². The van der Waals surface area contributed by atoms with Gasteiger partial charge < -0.3 is 14.2 Å². The van der Waals surface area contributed by atoms with Crippen LogP contribution in [0.1, 0.15) is 0 Å². The fourth-order valence-electron chi connectivity index (χ4n) is 3.07. The number of azo groups is 2. The van der Waals surface area contributed by atoms with Crippen molar-refractivity contribution in [3.63, 3.8) is 0 Å². The molecule has 4 aromatic rings. The molecule has 0 aliphatic carbocycles. The van der Waals surface area contributed by atoms with Gasteiger partial charge in [0.05, 0.1) is 37.0 Å². The molecule has 1 heterocycles. The van der Waals surface area contributed by atoms with E-state index in [-0.39, 0.29) is 0 Å². The van der Waals surface area contributed by atoms with E-state index in [0.29, 0.717) is 13.2 Å². The molecule has 0 fully saturated rings. The van der Waals surface area contributed by atoms with Crippen molar-refractivity contribution in [1.29, 1.82) is 0 Å².